The molecule has 0 unspecified atom stereocenters. The maximum Gasteiger partial charge on any atom is 0.278 e. The van der Waals surface area contributed by atoms with E-state index in [-0.39, 0.29) is 11.5 Å². The Hall–Kier alpha value is -4.58. The average molecular weight is 447 g/mol. The second kappa shape index (κ2) is 9.11. The van der Waals surface area contributed by atoms with Crippen LogP contribution < -0.4 is 10.5 Å². The molecule has 0 aliphatic carbocycles. The summed E-state index contributed by atoms with van der Waals surface area (Å²) in [6, 6.07) is 29.9. The van der Waals surface area contributed by atoms with Crippen LogP contribution in [0.25, 0.3) is 16.9 Å². The highest BCUT2D eigenvalue weighted by atomic mass is 16.2. The van der Waals surface area contributed by atoms with Gasteiger partial charge in [0, 0.05) is 30.9 Å². The summed E-state index contributed by atoms with van der Waals surface area (Å²) < 4.78 is 1.57. The van der Waals surface area contributed by atoms with E-state index in [0.29, 0.717) is 40.2 Å². The minimum absolute atomic E-state index is 0.132. The normalized spacial score (nSPS) is 10.9. The lowest BCUT2D eigenvalue weighted by Gasteiger charge is -2.19. The molecular weight excluding hydrogens is 424 g/mol. The third-order valence-corrected chi connectivity index (χ3v) is 5.70. The van der Waals surface area contributed by atoms with Gasteiger partial charge in [-0.15, -0.1) is 0 Å². The second-order valence-electron chi connectivity index (χ2n) is 7.96. The lowest BCUT2D eigenvalue weighted by Crippen LogP contribution is -2.27. The summed E-state index contributed by atoms with van der Waals surface area (Å²) in [6.07, 6.45) is 2.06. The van der Waals surface area contributed by atoms with E-state index in [9.17, 15) is 9.59 Å². The predicted octanol–water partition coefficient (Wildman–Crippen LogP) is 4.65. The Morgan fingerprint density at radius 2 is 1.62 bits per heavy atom. The average Bonchev–Trinajstić information content (AvgIpc) is 2.89. The first kappa shape index (κ1) is 21.3. The van der Waals surface area contributed by atoms with Crippen LogP contribution in [-0.4, -0.2) is 27.5 Å². The molecule has 5 rings (SSSR count). The van der Waals surface area contributed by atoms with Crippen molar-refractivity contribution < 1.29 is 4.79 Å². The second-order valence-corrected chi connectivity index (χ2v) is 7.96. The first-order chi connectivity index (χ1) is 16.6. The summed E-state index contributed by atoms with van der Waals surface area (Å²) in [5.74, 6) is -0.132. The molecule has 6 nitrogen and oxygen atoms in total. The van der Waals surface area contributed by atoms with Crippen LogP contribution in [-0.2, 0) is 6.42 Å². The number of pyridine rings is 1. The fourth-order valence-corrected chi connectivity index (χ4v) is 3.94. The van der Waals surface area contributed by atoms with E-state index in [4.69, 9.17) is 0 Å². The van der Waals surface area contributed by atoms with Crippen molar-refractivity contribution in [1.82, 2.24) is 14.5 Å². The van der Waals surface area contributed by atoms with Gasteiger partial charge in [0.25, 0.3) is 11.5 Å². The fraction of sp³-hybridized carbons (Fsp3) is 0.0714. The molecule has 0 atom stereocenters. The van der Waals surface area contributed by atoms with E-state index in [1.165, 1.54) is 0 Å². The zero-order chi connectivity index (χ0) is 23.5. The van der Waals surface area contributed by atoms with Crippen molar-refractivity contribution >= 4 is 22.8 Å². The molecule has 0 fully saturated rings. The van der Waals surface area contributed by atoms with Crippen molar-refractivity contribution in [3.8, 4) is 5.69 Å². The Bertz CT molecular complexity index is 1530. The van der Waals surface area contributed by atoms with Crippen LogP contribution in [0, 0.1) is 0 Å². The van der Waals surface area contributed by atoms with Crippen LogP contribution in [0.3, 0.4) is 0 Å². The van der Waals surface area contributed by atoms with E-state index in [2.05, 4.69) is 9.97 Å². The van der Waals surface area contributed by atoms with Crippen molar-refractivity contribution in [1.29, 1.82) is 0 Å². The van der Waals surface area contributed by atoms with E-state index < -0.39 is 0 Å². The van der Waals surface area contributed by atoms with Crippen LogP contribution in [0.1, 0.15) is 21.6 Å². The van der Waals surface area contributed by atoms with Gasteiger partial charge in [0.05, 0.1) is 5.69 Å². The molecule has 0 saturated heterocycles. The SMILES string of the molecule is CN(C(=O)c1ccccc1)c1cccc(-n2c(=O)c(Cc3ccccc3)nc3cccnc32)c1. The molecule has 0 saturated carbocycles. The maximum absolute atomic E-state index is 13.6. The van der Waals surface area contributed by atoms with Gasteiger partial charge < -0.3 is 4.90 Å². The van der Waals surface area contributed by atoms with Crippen molar-refractivity contribution in [2.75, 3.05) is 11.9 Å². The molecule has 166 valence electrons. The summed E-state index contributed by atoms with van der Waals surface area (Å²) in [7, 11) is 1.72. The monoisotopic (exact) mass is 446 g/mol. The standard InChI is InChI=1S/C28H22N4O2/c1-31(27(33)21-12-6-3-7-13-21)22-14-8-15-23(19-22)32-26-24(16-9-17-29-26)30-25(28(32)34)18-20-10-4-2-5-11-20/h2-17,19H,18H2,1H3. The Balaban J connectivity index is 1.61. The number of carbonyl (C=O) groups is 1. The maximum atomic E-state index is 13.6. The van der Waals surface area contributed by atoms with Crippen LogP contribution in [0.4, 0.5) is 5.69 Å². The quantitative estimate of drug-likeness (QED) is 0.394. The molecule has 34 heavy (non-hydrogen) atoms. The number of benzene rings is 3. The van der Waals surface area contributed by atoms with Gasteiger partial charge in [0.2, 0.25) is 0 Å². The van der Waals surface area contributed by atoms with Gasteiger partial charge in [-0.25, -0.2) is 9.97 Å². The van der Waals surface area contributed by atoms with Crippen molar-refractivity contribution in [2.24, 2.45) is 0 Å². The first-order valence-corrected chi connectivity index (χ1v) is 11.0. The lowest BCUT2D eigenvalue weighted by atomic mass is 10.1. The van der Waals surface area contributed by atoms with E-state index >= 15 is 0 Å². The minimum Gasteiger partial charge on any atom is -0.311 e. The van der Waals surface area contributed by atoms with Crippen LogP contribution in [0.2, 0.25) is 0 Å². The molecule has 3 aromatic carbocycles. The molecule has 0 radical (unpaired) electrons. The first-order valence-electron chi connectivity index (χ1n) is 11.0. The molecule has 0 aliphatic heterocycles. The fourth-order valence-electron chi connectivity index (χ4n) is 3.94. The Labute approximate surface area is 196 Å². The Kier molecular flexibility index (Phi) is 5.70. The zero-order valence-corrected chi connectivity index (χ0v) is 18.6. The lowest BCUT2D eigenvalue weighted by molar-refractivity contribution is 0.0993. The van der Waals surface area contributed by atoms with Gasteiger partial charge in [-0.3, -0.25) is 14.2 Å². The molecule has 5 aromatic rings. The van der Waals surface area contributed by atoms with Crippen molar-refractivity contribution in [3.63, 3.8) is 0 Å². The highest BCUT2D eigenvalue weighted by Gasteiger charge is 2.17. The number of hydrogen-bond acceptors (Lipinski definition) is 4. The van der Waals surface area contributed by atoms with Gasteiger partial charge in [-0.1, -0.05) is 54.6 Å². The van der Waals surface area contributed by atoms with Gasteiger partial charge in [-0.2, -0.15) is 0 Å². The summed E-state index contributed by atoms with van der Waals surface area (Å²) in [6.45, 7) is 0. The number of carbonyl (C=O) groups excluding carboxylic acids is 1. The van der Waals surface area contributed by atoms with Crippen LogP contribution in [0.5, 0.6) is 0 Å². The Morgan fingerprint density at radius 1 is 0.882 bits per heavy atom. The third-order valence-electron chi connectivity index (χ3n) is 5.70. The molecule has 0 bridgehead atoms. The molecule has 2 aromatic heterocycles. The number of rotatable bonds is 5. The summed E-state index contributed by atoms with van der Waals surface area (Å²) in [4.78, 5) is 37.2. The van der Waals surface area contributed by atoms with E-state index in [1.54, 1.807) is 40.9 Å². The molecule has 0 aliphatic rings. The van der Waals surface area contributed by atoms with Crippen molar-refractivity contribution in [2.45, 2.75) is 6.42 Å². The largest absolute Gasteiger partial charge is 0.311 e. The molecule has 0 N–H and O–H groups in total. The summed E-state index contributed by atoms with van der Waals surface area (Å²) >= 11 is 0. The predicted molar refractivity (Wildman–Crippen MR) is 134 cm³/mol. The number of aromatic nitrogens is 3. The minimum atomic E-state index is -0.232. The summed E-state index contributed by atoms with van der Waals surface area (Å²) in [5, 5.41) is 0. The third kappa shape index (κ3) is 4.09. The highest BCUT2D eigenvalue weighted by molar-refractivity contribution is 6.05. The zero-order valence-electron chi connectivity index (χ0n) is 18.6. The molecule has 6 heteroatoms. The number of fused-ring (bicyclic) bond motifs is 1. The van der Waals surface area contributed by atoms with Crippen molar-refractivity contribution in [3.05, 3.63) is 130 Å². The number of nitrogens with zero attached hydrogens (tertiary/aromatic N) is 4. The van der Waals surface area contributed by atoms with Crippen LogP contribution >= 0.6 is 0 Å². The molecule has 0 spiro atoms. The summed E-state index contributed by atoms with van der Waals surface area (Å²) in [5.41, 5.74) is 4.19. The van der Waals surface area contributed by atoms with Crippen LogP contribution in [0.15, 0.2) is 108 Å². The highest BCUT2D eigenvalue weighted by Crippen LogP contribution is 2.21. The van der Waals surface area contributed by atoms with E-state index in [0.717, 1.165) is 5.56 Å². The van der Waals surface area contributed by atoms with E-state index in [1.807, 2.05) is 78.9 Å². The van der Waals surface area contributed by atoms with Gasteiger partial charge in [0.15, 0.2) is 5.65 Å². The number of amides is 1. The molecule has 1 amide bonds. The molecular formula is C28H22N4O2. The van der Waals surface area contributed by atoms with Gasteiger partial charge >= 0.3 is 0 Å². The molecule has 2 heterocycles. The van der Waals surface area contributed by atoms with Gasteiger partial charge in [0.1, 0.15) is 11.2 Å². The number of anilines is 1. The topological polar surface area (TPSA) is 68.1 Å². The number of hydrogen-bond donors (Lipinski definition) is 0. The van der Waals surface area contributed by atoms with Gasteiger partial charge in [-0.05, 0) is 48.0 Å². The smallest absolute Gasteiger partial charge is 0.278 e. The Morgan fingerprint density at radius 3 is 2.38 bits per heavy atom.